The van der Waals surface area contributed by atoms with Crippen LogP contribution in [0.3, 0.4) is 0 Å². The van der Waals surface area contributed by atoms with E-state index in [-0.39, 0.29) is 5.56 Å². The van der Waals surface area contributed by atoms with Crippen molar-refractivity contribution in [3.8, 4) is 11.3 Å². The molecule has 124 valence electrons. The highest BCUT2D eigenvalue weighted by atomic mass is 19.1. The number of anilines is 1. The number of hydrogen-bond donors (Lipinski definition) is 1. The van der Waals surface area contributed by atoms with Crippen LogP contribution < -0.4 is 10.6 Å². The molecule has 1 aliphatic heterocycles. The molecular formula is C18H19FN4O. The Kier molecular flexibility index (Phi) is 3.48. The van der Waals surface area contributed by atoms with Gasteiger partial charge in [-0.25, -0.2) is 14.4 Å². The molecule has 0 unspecified atom stereocenters. The number of amides is 1. The summed E-state index contributed by atoms with van der Waals surface area (Å²) in [7, 11) is 0. The number of rotatable bonds is 3. The van der Waals surface area contributed by atoms with Gasteiger partial charge in [0.2, 0.25) is 5.95 Å². The molecule has 1 aromatic heterocycles. The van der Waals surface area contributed by atoms with Crippen LogP contribution in [0.15, 0.2) is 18.2 Å². The fourth-order valence-electron chi connectivity index (χ4n) is 3.46. The maximum atomic E-state index is 14.2. The summed E-state index contributed by atoms with van der Waals surface area (Å²) < 4.78 is 14.2. The van der Waals surface area contributed by atoms with Crippen LogP contribution in [0.25, 0.3) is 11.3 Å². The van der Waals surface area contributed by atoms with E-state index in [2.05, 4.69) is 11.8 Å². The zero-order valence-electron chi connectivity index (χ0n) is 13.6. The van der Waals surface area contributed by atoms with Crippen LogP contribution in [0.4, 0.5) is 10.3 Å². The summed E-state index contributed by atoms with van der Waals surface area (Å²) in [6, 6.07) is 4.94. The molecule has 1 amide bonds. The molecule has 4 rings (SSSR count). The molecular weight excluding hydrogens is 307 g/mol. The zero-order valence-corrected chi connectivity index (χ0v) is 13.6. The highest BCUT2D eigenvalue weighted by Gasteiger charge is 2.29. The van der Waals surface area contributed by atoms with Crippen molar-refractivity contribution in [2.75, 3.05) is 11.4 Å². The molecule has 0 saturated carbocycles. The first kappa shape index (κ1) is 15.1. The summed E-state index contributed by atoms with van der Waals surface area (Å²) in [4.78, 5) is 22.9. The fraction of sp³-hybridized carbons (Fsp3) is 0.389. The molecule has 24 heavy (non-hydrogen) atoms. The Morgan fingerprint density at radius 3 is 2.79 bits per heavy atom. The summed E-state index contributed by atoms with van der Waals surface area (Å²) in [5, 5.41) is 0. The fourth-order valence-corrected chi connectivity index (χ4v) is 3.46. The van der Waals surface area contributed by atoms with Crippen LogP contribution in [0, 0.1) is 5.82 Å². The molecule has 2 N–H and O–H groups in total. The Hall–Kier alpha value is -2.50. The van der Waals surface area contributed by atoms with Gasteiger partial charge in [-0.15, -0.1) is 0 Å². The van der Waals surface area contributed by atoms with Gasteiger partial charge in [-0.05, 0) is 44.7 Å². The molecule has 1 saturated heterocycles. The van der Waals surface area contributed by atoms with E-state index in [1.54, 1.807) is 6.07 Å². The zero-order chi connectivity index (χ0) is 16.8. The normalized spacial score (nSPS) is 19.1. The van der Waals surface area contributed by atoms with Gasteiger partial charge in [0.05, 0.1) is 11.3 Å². The lowest BCUT2D eigenvalue weighted by Crippen LogP contribution is -2.46. The number of aromatic nitrogens is 2. The monoisotopic (exact) mass is 326 g/mol. The summed E-state index contributed by atoms with van der Waals surface area (Å²) in [6.45, 7) is 3.11. The van der Waals surface area contributed by atoms with E-state index in [1.807, 2.05) is 0 Å². The second kappa shape index (κ2) is 5.54. The van der Waals surface area contributed by atoms with Crippen molar-refractivity contribution in [1.82, 2.24) is 9.97 Å². The highest BCUT2D eigenvalue weighted by molar-refractivity contribution is 5.93. The number of aryl methyl sites for hydroxylation is 1. The molecule has 1 aromatic carbocycles. The topological polar surface area (TPSA) is 72.1 Å². The first-order valence-corrected chi connectivity index (χ1v) is 8.30. The van der Waals surface area contributed by atoms with Gasteiger partial charge >= 0.3 is 0 Å². The van der Waals surface area contributed by atoms with Gasteiger partial charge in [-0.3, -0.25) is 4.79 Å². The molecule has 1 atom stereocenters. The summed E-state index contributed by atoms with van der Waals surface area (Å²) in [5.74, 6) is -0.643. The number of fused-ring (bicyclic) bond motifs is 1. The third-order valence-corrected chi connectivity index (χ3v) is 5.01. The number of halogens is 1. The minimum Gasteiger partial charge on any atom is -0.366 e. The van der Waals surface area contributed by atoms with Gasteiger partial charge < -0.3 is 10.6 Å². The van der Waals surface area contributed by atoms with Crippen LogP contribution in [0.1, 0.15) is 41.4 Å². The SMILES string of the molecule is C[C@H]1CCN1c1nc2c(c(-c3ccc(C(N)=O)c(F)c3)n1)CCC2. The van der Waals surface area contributed by atoms with Gasteiger partial charge in [0.15, 0.2) is 0 Å². The molecule has 0 bridgehead atoms. The summed E-state index contributed by atoms with van der Waals surface area (Å²) >= 11 is 0. The van der Waals surface area contributed by atoms with E-state index in [0.717, 1.165) is 55.1 Å². The smallest absolute Gasteiger partial charge is 0.251 e. The van der Waals surface area contributed by atoms with E-state index in [0.29, 0.717) is 11.6 Å². The van der Waals surface area contributed by atoms with E-state index in [4.69, 9.17) is 15.7 Å². The number of nitrogens with zero attached hydrogens (tertiary/aromatic N) is 3. The molecule has 2 heterocycles. The molecule has 6 heteroatoms. The van der Waals surface area contributed by atoms with Crippen molar-refractivity contribution >= 4 is 11.9 Å². The second-order valence-corrected chi connectivity index (χ2v) is 6.54. The van der Waals surface area contributed by atoms with Gasteiger partial charge in [-0.1, -0.05) is 6.07 Å². The highest BCUT2D eigenvalue weighted by Crippen LogP contribution is 2.34. The minimum absolute atomic E-state index is 0.0963. The first-order valence-electron chi connectivity index (χ1n) is 8.30. The van der Waals surface area contributed by atoms with Gasteiger partial charge in [0.1, 0.15) is 5.82 Å². The Labute approximate surface area is 139 Å². The molecule has 5 nitrogen and oxygen atoms in total. The first-order chi connectivity index (χ1) is 11.5. The molecule has 2 aliphatic rings. The largest absolute Gasteiger partial charge is 0.366 e. The minimum atomic E-state index is -0.762. The summed E-state index contributed by atoms with van der Waals surface area (Å²) in [5.41, 5.74) is 8.70. The van der Waals surface area contributed by atoms with E-state index >= 15 is 0 Å². The van der Waals surface area contributed by atoms with Gasteiger partial charge in [0, 0.05) is 29.4 Å². The van der Waals surface area contributed by atoms with Crippen molar-refractivity contribution in [2.45, 2.75) is 38.6 Å². The third kappa shape index (κ3) is 2.33. The Morgan fingerprint density at radius 1 is 1.33 bits per heavy atom. The summed E-state index contributed by atoms with van der Waals surface area (Å²) in [6.07, 6.45) is 4.01. The molecule has 1 fully saturated rings. The average Bonchev–Trinajstić information content (AvgIpc) is 3.00. The molecule has 0 spiro atoms. The van der Waals surface area contributed by atoms with Crippen LogP contribution in [-0.2, 0) is 12.8 Å². The van der Waals surface area contributed by atoms with Gasteiger partial charge in [-0.2, -0.15) is 0 Å². The lowest BCUT2D eigenvalue weighted by Gasteiger charge is -2.39. The maximum Gasteiger partial charge on any atom is 0.251 e. The van der Waals surface area contributed by atoms with Crippen molar-refractivity contribution in [3.05, 3.63) is 40.8 Å². The predicted octanol–water partition coefficient (Wildman–Crippen LogP) is 2.47. The number of carbonyl (C=O) groups excluding carboxylic acids is 1. The van der Waals surface area contributed by atoms with E-state index in [9.17, 15) is 9.18 Å². The molecule has 0 radical (unpaired) electrons. The Morgan fingerprint density at radius 2 is 2.17 bits per heavy atom. The second-order valence-electron chi connectivity index (χ2n) is 6.54. The Balaban J connectivity index is 1.82. The van der Waals surface area contributed by atoms with Crippen molar-refractivity contribution in [2.24, 2.45) is 5.73 Å². The Bertz CT molecular complexity index is 836. The van der Waals surface area contributed by atoms with E-state index < -0.39 is 11.7 Å². The molecule has 2 aromatic rings. The van der Waals surface area contributed by atoms with Gasteiger partial charge in [0.25, 0.3) is 5.91 Å². The van der Waals surface area contributed by atoms with Crippen LogP contribution >= 0.6 is 0 Å². The van der Waals surface area contributed by atoms with Crippen molar-refractivity contribution in [3.63, 3.8) is 0 Å². The number of carbonyl (C=O) groups is 1. The van der Waals surface area contributed by atoms with Crippen molar-refractivity contribution in [1.29, 1.82) is 0 Å². The molecule has 1 aliphatic carbocycles. The van der Waals surface area contributed by atoms with E-state index in [1.165, 1.54) is 12.1 Å². The van der Waals surface area contributed by atoms with Crippen LogP contribution in [0.2, 0.25) is 0 Å². The number of primary amides is 1. The maximum absolute atomic E-state index is 14.2. The van der Waals surface area contributed by atoms with Crippen molar-refractivity contribution < 1.29 is 9.18 Å². The number of hydrogen-bond acceptors (Lipinski definition) is 4. The van der Waals surface area contributed by atoms with Crippen LogP contribution in [-0.4, -0.2) is 28.5 Å². The standard InChI is InChI=1S/C18H19FN4O/c1-10-7-8-23(10)18-21-15-4-2-3-13(15)16(22-18)11-5-6-12(17(20)24)14(19)9-11/h5-6,9-10H,2-4,7-8H2,1H3,(H2,20,24)/t10-/m0/s1. The van der Waals surface area contributed by atoms with Crippen LogP contribution in [0.5, 0.6) is 0 Å². The third-order valence-electron chi connectivity index (χ3n) is 5.01. The number of benzene rings is 1. The lowest BCUT2D eigenvalue weighted by atomic mass is 10.0. The average molecular weight is 326 g/mol. The quantitative estimate of drug-likeness (QED) is 0.940. The number of nitrogens with two attached hydrogens (primary N) is 1. The predicted molar refractivity (Wildman–Crippen MR) is 89.4 cm³/mol. The lowest BCUT2D eigenvalue weighted by molar-refractivity contribution is 0.0996.